The van der Waals surface area contributed by atoms with Crippen LogP contribution in [0.5, 0.6) is 0 Å². The second-order valence-electron chi connectivity index (χ2n) is 11.6. The van der Waals surface area contributed by atoms with Crippen molar-refractivity contribution in [3.8, 4) is 56.2 Å². The Labute approximate surface area is 270 Å². The average Bonchev–Trinajstić information content (AvgIpc) is 3.51. The highest BCUT2D eigenvalue weighted by molar-refractivity contribution is 6.08. The SMILES string of the molecule is c1ccc(-c2nc(-c3ccc(-c4ccncc4)cc3)cc(-c3ccc(-c4ccc5oc6nc7ccccc7cc6c5c4)cc3)n2)cc1. The van der Waals surface area contributed by atoms with Crippen molar-refractivity contribution in [1.29, 1.82) is 0 Å². The molecule has 0 unspecified atom stereocenters. The van der Waals surface area contributed by atoms with Crippen molar-refractivity contribution in [3.63, 3.8) is 0 Å². The molecule has 0 aliphatic heterocycles. The first-order chi connectivity index (χ1) is 23.2. The van der Waals surface area contributed by atoms with Gasteiger partial charge in [0.05, 0.1) is 16.9 Å². The fourth-order valence-corrected chi connectivity index (χ4v) is 6.15. The van der Waals surface area contributed by atoms with Gasteiger partial charge in [-0.2, -0.15) is 0 Å². The van der Waals surface area contributed by atoms with Crippen LogP contribution in [0.3, 0.4) is 0 Å². The first kappa shape index (κ1) is 26.9. The summed E-state index contributed by atoms with van der Waals surface area (Å²) < 4.78 is 6.12. The van der Waals surface area contributed by atoms with Crippen LogP contribution in [0.15, 0.2) is 162 Å². The molecule has 0 atom stereocenters. The van der Waals surface area contributed by atoms with Gasteiger partial charge in [0.15, 0.2) is 5.82 Å². The number of nitrogens with zero attached hydrogens (tertiary/aromatic N) is 4. The van der Waals surface area contributed by atoms with Crippen LogP contribution in [-0.2, 0) is 0 Å². The molecular weight excluding hydrogens is 576 g/mol. The summed E-state index contributed by atoms with van der Waals surface area (Å²) in [5.74, 6) is 0.693. The number of rotatable bonds is 5. The number of aromatic nitrogens is 4. The molecule has 5 nitrogen and oxygen atoms in total. The Kier molecular flexibility index (Phi) is 6.39. The number of para-hydroxylation sites is 1. The van der Waals surface area contributed by atoms with E-state index in [1.54, 1.807) is 0 Å². The smallest absolute Gasteiger partial charge is 0.227 e. The monoisotopic (exact) mass is 602 g/mol. The van der Waals surface area contributed by atoms with Crippen LogP contribution in [0, 0.1) is 0 Å². The molecule has 0 amide bonds. The van der Waals surface area contributed by atoms with Crippen LogP contribution < -0.4 is 0 Å². The third-order valence-corrected chi connectivity index (χ3v) is 8.63. The molecule has 4 aromatic heterocycles. The van der Waals surface area contributed by atoms with E-state index < -0.39 is 0 Å². The highest BCUT2D eigenvalue weighted by atomic mass is 16.3. The van der Waals surface area contributed by atoms with Crippen LogP contribution in [0.25, 0.3) is 89.1 Å². The lowest BCUT2D eigenvalue weighted by Crippen LogP contribution is -1.96. The Hall–Kier alpha value is -6.46. The number of benzene rings is 5. The molecule has 0 radical (unpaired) electrons. The predicted octanol–water partition coefficient (Wildman–Crippen LogP) is 10.7. The van der Waals surface area contributed by atoms with E-state index >= 15 is 0 Å². The molecule has 0 aliphatic rings. The van der Waals surface area contributed by atoms with Crippen molar-refractivity contribution in [3.05, 3.63) is 158 Å². The quantitative estimate of drug-likeness (QED) is 0.196. The van der Waals surface area contributed by atoms with Gasteiger partial charge in [-0.15, -0.1) is 0 Å². The number of fused-ring (bicyclic) bond motifs is 4. The van der Waals surface area contributed by atoms with Crippen molar-refractivity contribution < 1.29 is 4.42 Å². The van der Waals surface area contributed by atoms with E-state index in [0.29, 0.717) is 11.5 Å². The zero-order valence-corrected chi connectivity index (χ0v) is 25.2. The van der Waals surface area contributed by atoms with E-state index in [1.165, 1.54) is 0 Å². The molecule has 0 fully saturated rings. The van der Waals surface area contributed by atoms with E-state index in [-0.39, 0.29) is 0 Å². The van der Waals surface area contributed by atoms with E-state index in [1.807, 2.05) is 79.1 Å². The molecule has 0 saturated heterocycles. The minimum Gasteiger partial charge on any atom is -0.438 e. The van der Waals surface area contributed by atoms with Crippen LogP contribution in [0.1, 0.15) is 0 Å². The molecule has 5 aromatic carbocycles. The molecule has 0 aliphatic carbocycles. The average molecular weight is 603 g/mol. The third-order valence-electron chi connectivity index (χ3n) is 8.63. The summed E-state index contributed by atoms with van der Waals surface area (Å²) >= 11 is 0. The number of hydrogen-bond acceptors (Lipinski definition) is 5. The first-order valence-electron chi connectivity index (χ1n) is 15.5. The second kappa shape index (κ2) is 11.2. The summed E-state index contributed by atoms with van der Waals surface area (Å²) in [5, 5.41) is 3.18. The maximum Gasteiger partial charge on any atom is 0.227 e. The Morgan fingerprint density at radius 1 is 0.404 bits per heavy atom. The van der Waals surface area contributed by atoms with Crippen molar-refractivity contribution >= 4 is 33.0 Å². The highest BCUT2D eigenvalue weighted by Gasteiger charge is 2.13. The molecule has 0 bridgehead atoms. The summed E-state index contributed by atoms with van der Waals surface area (Å²) in [6.45, 7) is 0. The molecule has 0 spiro atoms. The van der Waals surface area contributed by atoms with Crippen LogP contribution in [-0.4, -0.2) is 19.9 Å². The van der Waals surface area contributed by atoms with Gasteiger partial charge in [0.2, 0.25) is 5.71 Å². The Morgan fingerprint density at radius 3 is 1.72 bits per heavy atom. The fourth-order valence-electron chi connectivity index (χ4n) is 6.15. The van der Waals surface area contributed by atoms with Gasteiger partial charge < -0.3 is 4.42 Å². The highest BCUT2D eigenvalue weighted by Crippen LogP contribution is 2.35. The number of pyridine rings is 2. The first-order valence-corrected chi connectivity index (χ1v) is 15.5. The Morgan fingerprint density at radius 2 is 1.00 bits per heavy atom. The molecule has 9 aromatic rings. The largest absolute Gasteiger partial charge is 0.438 e. The van der Waals surface area contributed by atoms with Gasteiger partial charge in [-0.25, -0.2) is 15.0 Å². The van der Waals surface area contributed by atoms with Crippen molar-refractivity contribution in [1.82, 2.24) is 19.9 Å². The van der Waals surface area contributed by atoms with Gasteiger partial charge in [-0.05, 0) is 64.7 Å². The summed E-state index contributed by atoms with van der Waals surface area (Å²) in [7, 11) is 0. The van der Waals surface area contributed by atoms with Gasteiger partial charge in [0.25, 0.3) is 0 Å². The van der Waals surface area contributed by atoms with E-state index in [0.717, 1.165) is 77.6 Å². The minimum absolute atomic E-state index is 0.659. The second-order valence-corrected chi connectivity index (χ2v) is 11.6. The summed E-state index contributed by atoms with van der Waals surface area (Å²) in [4.78, 5) is 18.9. The van der Waals surface area contributed by atoms with Crippen LogP contribution in [0.2, 0.25) is 0 Å². The summed E-state index contributed by atoms with van der Waals surface area (Å²) in [6, 6.07) is 49.9. The summed E-state index contributed by atoms with van der Waals surface area (Å²) in [5.41, 5.74) is 11.7. The fraction of sp³-hybridized carbons (Fsp3) is 0. The molecular formula is C42H26N4O. The van der Waals surface area contributed by atoms with Crippen LogP contribution >= 0.6 is 0 Å². The lowest BCUT2D eigenvalue weighted by atomic mass is 9.99. The normalized spacial score (nSPS) is 11.4. The number of hydrogen-bond donors (Lipinski definition) is 0. The van der Waals surface area contributed by atoms with E-state index in [4.69, 9.17) is 19.4 Å². The van der Waals surface area contributed by atoms with Crippen molar-refractivity contribution in [2.75, 3.05) is 0 Å². The standard InChI is InChI=1S/C42H26N4O/c1-2-6-32(7-3-1)41-44-38(30-14-10-27(11-15-30)29-20-22-43-23-21-29)26-39(45-41)31-16-12-28(13-17-31)33-18-19-40-35(24-33)36-25-34-8-4-5-9-37(34)46-42(36)47-40/h1-26H. The van der Waals surface area contributed by atoms with E-state index in [2.05, 4.69) is 83.8 Å². The Bertz CT molecular complexity index is 2540. The van der Waals surface area contributed by atoms with Gasteiger partial charge in [-0.1, -0.05) is 103 Å². The van der Waals surface area contributed by atoms with Gasteiger partial charge in [0.1, 0.15) is 5.58 Å². The van der Waals surface area contributed by atoms with E-state index in [9.17, 15) is 0 Å². The molecule has 0 N–H and O–H groups in total. The lowest BCUT2D eigenvalue weighted by molar-refractivity contribution is 0.656. The maximum atomic E-state index is 6.12. The molecule has 5 heteroatoms. The van der Waals surface area contributed by atoms with Crippen molar-refractivity contribution in [2.24, 2.45) is 0 Å². The van der Waals surface area contributed by atoms with Gasteiger partial charge in [-0.3, -0.25) is 4.98 Å². The van der Waals surface area contributed by atoms with Crippen molar-refractivity contribution in [2.45, 2.75) is 0 Å². The van der Waals surface area contributed by atoms with Crippen LogP contribution in [0.4, 0.5) is 0 Å². The lowest BCUT2D eigenvalue weighted by Gasteiger charge is -2.11. The zero-order valence-electron chi connectivity index (χ0n) is 25.2. The molecule has 220 valence electrons. The zero-order chi connectivity index (χ0) is 31.2. The number of furan rings is 1. The minimum atomic E-state index is 0.659. The van der Waals surface area contributed by atoms with Gasteiger partial charge in [0, 0.05) is 45.2 Å². The predicted molar refractivity (Wildman–Crippen MR) is 190 cm³/mol. The Balaban J connectivity index is 1.09. The molecule has 9 rings (SSSR count). The van der Waals surface area contributed by atoms with Gasteiger partial charge >= 0.3 is 0 Å². The molecule has 0 saturated carbocycles. The maximum absolute atomic E-state index is 6.12. The molecule has 47 heavy (non-hydrogen) atoms. The molecule has 4 heterocycles. The third kappa shape index (κ3) is 5.00. The topological polar surface area (TPSA) is 64.7 Å². The summed E-state index contributed by atoms with van der Waals surface area (Å²) in [6.07, 6.45) is 3.63.